The lowest BCUT2D eigenvalue weighted by molar-refractivity contribution is -0.135. The quantitative estimate of drug-likeness (QED) is 0.621. The van der Waals surface area contributed by atoms with E-state index >= 15 is 0 Å². The number of nitrogens with two attached hydrogens (primary N) is 1. The average Bonchev–Trinajstić information content (AvgIpc) is 2.72. The van der Waals surface area contributed by atoms with Crippen molar-refractivity contribution in [3.8, 4) is 6.07 Å². The van der Waals surface area contributed by atoms with Crippen LogP contribution in [0.5, 0.6) is 0 Å². The first-order valence-corrected chi connectivity index (χ1v) is 6.83. The summed E-state index contributed by atoms with van der Waals surface area (Å²) in [5.74, 6) is -0.692. The number of carbonyl (C=O) groups excluding carboxylic acids is 1. The van der Waals surface area contributed by atoms with Crippen molar-refractivity contribution in [1.29, 1.82) is 5.26 Å². The van der Waals surface area contributed by atoms with E-state index < -0.39 is 18.6 Å². The summed E-state index contributed by atoms with van der Waals surface area (Å²) in [7, 11) is 1.18. The second-order valence-corrected chi connectivity index (χ2v) is 5.17. The third-order valence-electron chi connectivity index (χ3n) is 2.61. The number of nitrogen functional groups attached to an aromatic ring is 1. The average molecular weight is 321 g/mol. The Kier molecular flexibility index (Phi) is 5.84. The molecule has 9 heteroatoms. The lowest BCUT2D eigenvalue weighted by Crippen LogP contribution is -2.10. The standard InChI is InChI=1S/C12H14F3N3O2S/c1-20-11(19)8-9(17)7(6-16)21-10(8)18-5-3-2-4-12(13,14)15/h18H,2-5,17H2,1H3. The fraction of sp³-hybridized carbons (Fsp3) is 0.500. The van der Waals surface area contributed by atoms with E-state index in [0.29, 0.717) is 5.00 Å². The van der Waals surface area contributed by atoms with Crippen molar-refractivity contribution in [3.63, 3.8) is 0 Å². The molecule has 5 nitrogen and oxygen atoms in total. The van der Waals surface area contributed by atoms with Crippen LogP contribution in [0.4, 0.5) is 23.9 Å². The van der Waals surface area contributed by atoms with Crippen LogP contribution in [0.25, 0.3) is 0 Å². The maximum Gasteiger partial charge on any atom is 0.389 e. The zero-order chi connectivity index (χ0) is 16.0. The molecule has 1 aromatic rings. The molecule has 0 spiro atoms. The highest BCUT2D eigenvalue weighted by atomic mass is 32.1. The number of rotatable bonds is 6. The van der Waals surface area contributed by atoms with Crippen molar-refractivity contribution in [3.05, 3.63) is 10.4 Å². The van der Waals surface area contributed by atoms with Gasteiger partial charge in [0.25, 0.3) is 0 Å². The second kappa shape index (κ2) is 7.17. The molecule has 0 fully saturated rings. The fourth-order valence-corrected chi connectivity index (χ4v) is 2.54. The Hall–Kier alpha value is -1.95. The maximum absolute atomic E-state index is 12.0. The summed E-state index contributed by atoms with van der Waals surface area (Å²) in [6.45, 7) is 0.241. The summed E-state index contributed by atoms with van der Waals surface area (Å²) >= 11 is 0.973. The SMILES string of the molecule is COC(=O)c1c(NCCCCC(F)(F)F)sc(C#N)c1N. The molecule has 3 N–H and O–H groups in total. The number of hydrogen-bond donors (Lipinski definition) is 2. The van der Waals surface area contributed by atoms with Crippen molar-refractivity contribution in [2.24, 2.45) is 0 Å². The molecule has 0 aliphatic carbocycles. The number of nitrogens with one attached hydrogen (secondary N) is 1. The van der Waals surface area contributed by atoms with Crippen LogP contribution in [0.3, 0.4) is 0 Å². The molecule has 0 aliphatic heterocycles. The van der Waals surface area contributed by atoms with Crippen LogP contribution in [0, 0.1) is 11.3 Å². The summed E-state index contributed by atoms with van der Waals surface area (Å²) in [6.07, 6.45) is -4.76. The van der Waals surface area contributed by atoms with Gasteiger partial charge in [-0.15, -0.1) is 11.3 Å². The molecule has 21 heavy (non-hydrogen) atoms. The van der Waals surface area contributed by atoms with Gasteiger partial charge in [0.2, 0.25) is 0 Å². The Labute approximate surface area is 123 Å². The smallest absolute Gasteiger partial charge is 0.389 e. The van der Waals surface area contributed by atoms with Crippen LogP contribution >= 0.6 is 11.3 Å². The van der Waals surface area contributed by atoms with E-state index in [-0.39, 0.29) is 35.5 Å². The number of nitriles is 1. The Balaban J connectivity index is 2.67. The number of halogens is 3. The second-order valence-electron chi connectivity index (χ2n) is 4.15. The van der Waals surface area contributed by atoms with Crippen LogP contribution in [0.15, 0.2) is 0 Å². The lowest BCUT2D eigenvalue weighted by atomic mass is 10.2. The van der Waals surface area contributed by atoms with E-state index in [1.807, 2.05) is 6.07 Å². The summed E-state index contributed by atoms with van der Waals surface area (Å²) in [5, 5.41) is 12.1. The van der Waals surface area contributed by atoms with Gasteiger partial charge in [-0.25, -0.2) is 4.79 Å². The van der Waals surface area contributed by atoms with Crippen molar-refractivity contribution < 1.29 is 22.7 Å². The van der Waals surface area contributed by atoms with Crippen molar-refractivity contribution in [2.45, 2.75) is 25.4 Å². The number of carbonyl (C=O) groups is 1. The van der Waals surface area contributed by atoms with Crippen molar-refractivity contribution >= 4 is 28.0 Å². The molecular weight excluding hydrogens is 307 g/mol. The molecule has 1 aromatic heterocycles. The normalized spacial score (nSPS) is 11.0. The number of nitrogens with zero attached hydrogens (tertiary/aromatic N) is 1. The summed E-state index contributed by atoms with van der Waals surface area (Å²) in [4.78, 5) is 11.8. The molecule has 0 unspecified atom stereocenters. The molecular formula is C12H14F3N3O2S. The zero-order valence-corrected chi connectivity index (χ0v) is 12.0. The van der Waals surface area contributed by atoms with E-state index in [0.717, 1.165) is 11.3 Å². The number of ether oxygens (including phenoxy) is 1. The number of alkyl halides is 3. The molecule has 0 saturated carbocycles. The highest BCUT2D eigenvalue weighted by Gasteiger charge is 2.26. The van der Waals surface area contributed by atoms with Crippen LogP contribution in [0.2, 0.25) is 0 Å². The van der Waals surface area contributed by atoms with Gasteiger partial charge < -0.3 is 15.8 Å². The van der Waals surface area contributed by atoms with Crippen LogP contribution in [-0.4, -0.2) is 25.8 Å². The molecule has 0 aliphatic rings. The van der Waals surface area contributed by atoms with Gasteiger partial charge in [-0.2, -0.15) is 18.4 Å². The van der Waals surface area contributed by atoms with E-state index in [2.05, 4.69) is 10.1 Å². The van der Waals surface area contributed by atoms with Gasteiger partial charge in [-0.1, -0.05) is 0 Å². The molecule has 0 aromatic carbocycles. The summed E-state index contributed by atoms with van der Waals surface area (Å²) < 4.78 is 40.6. The van der Waals surface area contributed by atoms with Gasteiger partial charge in [0, 0.05) is 13.0 Å². The van der Waals surface area contributed by atoms with E-state index in [4.69, 9.17) is 11.0 Å². The Bertz CT molecular complexity index is 549. The first kappa shape index (κ1) is 17.1. The van der Waals surface area contributed by atoms with Crippen LogP contribution in [-0.2, 0) is 4.74 Å². The third kappa shape index (κ3) is 4.82. The highest BCUT2D eigenvalue weighted by Crippen LogP contribution is 2.35. The largest absolute Gasteiger partial charge is 0.465 e. The van der Waals surface area contributed by atoms with E-state index in [1.54, 1.807) is 0 Å². The predicted octanol–water partition coefficient (Wildman–Crippen LogP) is 3.13. The minimum atomic E-state index is -4.17. The van der Waals surface area contributed by atoms with Gasteiger partial charge in [0.05, 0.1) is 12.8 Å². The maximum atomic E-state index is 12.0. The third-order valence-corrected chi connectivity index (χ3v) is 3.68. The monoisotopic (exact) mass is 321 g/mol. The minimum absolute atomic E-state index is 0.0178. The molecule has 0 atom stereocenters. The van der Waals surface area contributed by atoms with E-state index in [1.165, 1.54) is 7.11 Å². The predicted molar refractivity (Wildman–Crippen MR) is 73.2 cm³/mol. The Morgan fingerprint density at radius 3 is 2.67 bits per heavy atom. The number of esters is 1. The number of thiophene rings is 1. The molecule has 0 amide bonds. The van der Waals surface area contributed by atoms with Crippen molar-refractivity contribution in [2.75, 3.05) is 24.7 Å². The first-order valence-electron chi connectivity index (χ1n) is 6.01. The minimum Gasteiger partial charge on any atom is -0.465 e. The fourth-order valence-electron chi connectivity index (χ4n) is 1.61. The number of anilines is 2. The molecule has 0 radical (unpaired) electrons. The number of hydrogen-bond acceptors (Lipinski definition) is 6. The summed E-state index contributed by atoms with van der Waals surface area (Å²) in [5.41, 5.74) is 5.75. The Morgan fingerprint density at radius 1 is 1.48 bits per heavy atom. The zero-order valence-electron chi connectivity index (χ0n) is 11.2. The molecule has 0 saturated heterocycles. The topological polar surface area (TPSA) is 88.1 Å². The molecule has 1 rings (SSSR count). The highest BCUT2D eigenvalue weighted by molar-refractivity contribution is 7.17. The van der Waals surface area contributed by atoms with Gasteiger partial charge in [0.15, 0.2) is 0 Å². The van der Waals surface area contributed by atoms with Crippen molar-refractivity contribution in [1.82, 2.24) is 0 Å². The van der Waals surface area contributed by atoms with Crippen LogP contribution in [0.1, 0.15) is 34.5 Å². The molecule has 116 valence electrons. The number of unbranched alkanes of at least 4 members (excludes halogenated alkanes) is 1. The molecule has 0 bridgehead atoms. The van der Waals surface area contributed by atoms with Gasteiger partial charge >= 0.3 is 12.1 Å². The van der Waals surface area contributed by atoms with Gasteiger partial charge in [0.1, 0.15) is 21.5 Å². The van der Waals surface area contributed by atoms with Gasteiger partial charge in [-0.3, -0.25) is 0 Å². The van der Waals surface area contributed by atoms with E-state index in [9.17, 15) is 18.0 Å². The number of methoxy groups -OCH3 is 1. The Morgan fingerprint density at radius 2 is 2.14 bits per heavy atom. The molecule has 1 heterocycles. The van der Waals surface area contributed by atoms with Crippen LogP contribution < -0.4 is 11.1 Å². The lowest BCUT2D eigenvalue weighted by Gasteiger charge is -2.08. The summed E-state index contributed by atoms with van der Waals surface area (Å²) in [6, 6.07) is 1.85. The van der Waals surface area contributed by atoms with Gasteiger partial charge in [-0.05, 0) is 12.8 Å². The first-order chi connectivity index (χ1) is 9.80.